The molecule has 0 radical (unpaired) electrons. The molecular formula is C25H37O4P. The van der Waals surface area contributed by atoms with Crippen LogP contribution in [0.5, 0.6) is 0 Å². The molecule has 0 bridgehead atoms. The summed E-state index contributed by atoms with van der Waals surface area (Å²) < 4.78 is 26.5. The van der Waals surface area contributed by atoms with Crippen LogP contribution in [0.3, 0.4) is 0 Å². The summed E-state index contributed by atoms with van der Waals surface area (Å²) >= 11 is 0. The van der Waals surface area contributed by atoms with Crippen LogP contribution in [0.1, 0.15) is 65.7 Å². The molecule has 0 aliphatic rings. The second kappa shape index (κ2) is 10.2. The van der Waals surface area contributed by atoms with E-state index in [1.54, 1.807) is 6.07 Å². The summed E-state index contributed by atoms with van der Waals surface area (Å²) in [6, 6.07) is 13.1. The molecule has 0 unspecified atom stereocenters. The van der Waals surface area contributed by atoms with Gasteiger partial charge in [0.2, 0.25) is 0 Å². The molecule has 2 rings (SSSR count). The summed E-state index contributed by atoms with van der Waals surface area (Å²) in [5.74, 6) is 0.384. The van der Waals surface area contributed by atoms with Crippen LogP contribution in [0.15, 0.2) is 42.5 Å². The van der Waals surface area contributed by atoms with E-state index in [0.717, 1.165) is 10.8 Å². The van der Waals surface area contributed by atoms with Gasteiger partial charge < -0.3 is 0 Å². The molecule has 0 heterocycles. The average Bonchev–Trinajstić information content (AvgIpc) is 2.68. The number of hydrogen-bond donors (Lipinski definition) is 0. The Kier molecular flexibility index (Phi) is 8.44. The molecule has 0 N–H and O–H groups in total. The van der Waals surface area contributed by atoms with E-state index in [1.807, 2.05) is 91.8 Å². The number of carbonyl (C=O) groups is 1. The van der Waals surface area contributed by atoms with Crippen LogP contribution in [-0.4, -0.2) is 17.7 Å². The quantitative estimate of drug-likeness (QED) is 0.363. The van der Waals surface area contributed by atoms with Gasteiger partial charge in [-0.15, -0.1) is 0 Å². The Morgan fingerprint density at radius 2 is 1.13 bits per heavy atom. The molecule has 2 aromatic rings. The Hall–Kier alpha value is -1.48. The predicted molar refractivity (Wildman–Crippen MR) is 125 cm³/mol. The zero-order valence-electron chi connectivity index (χ0n) is 19.6. The number of hydrogen-bond acceptors (Lipinski definition) is 4. The van der Waals surface area contributed by atoms with Gasteiger partial charge in [-0.3, -0.25) is 18.4 Å². The summed E-state index contributed by atoms with van der Waals surface area (Å²) in [4.78, 5) is 13.7. The van der Waals surface area contributed by atoms with E-state index >= 15 is 0 Å². The molecule has 0 aliphatic heterocycles. The Labute approximate surface area is 181 Å². The fourth-order valence-corrected chi connectivity index (χ4v) is 6.37. The van der Waals surface area contributed by atoms with Crippen LogP contribution in [0.4, 0.5) is 0 Å². The Morgan fingerprint density at radius 3 is 1.60 bits per heavy atom. The second-order valence-electron chi connectivity index (χ2n) is 9.45. The lowest BCUT2D eigenvalue weighted by Gasteiger charge is -2.33. The molecule has 0 aliphatic carbocycles. The van der Waals surface area contributed by atoms with Gasteiger partial charge in [-0.05, 0) is 34.4 Å². The van der Waals surface area contributed by atoms with Gasteiger partial charge in [-0.2, -0.15) is 0 Å². The SMILES string of the molecule is CC(C)C(OP(=O)(OC(C(C)C)C(C)C)C(=O)c1cccc2ccccc12)C(C)C. The first-order valence-electron chi connectivity index (χ1n) is 11.0. The third-order valence-electron chi connectivity index (χ3n) is 5.42. The number of carbonyl (C=O) groups excluding carboxylic acids is 1. The lowest BCUT2D eigenvalue weighted by atomic mass is 9.97. The molecule has 0 atom stereocenters. The van der Waals surface area contributed by atoms with E-state index in [-0.39, 0.29) is 35.9 Å². The maximum atomic E-state index is 14.2. The third-order valence-corrected chi connectivity index (χ3v) is 7.20. The molecule has 0 amide bonds. The highest BCUT2D eigenvalue weighted by Gasteiger charge is 2.43. The molecule has 0 spiro atoms. The predicted octanol–water partition coefficient (Wildman–Crippen LogP) is 7.57. The third kappa shape index (κ3) is 5.60. The molecular weight excluding hydrogens is 395 g/mol. The molecule has 0 saturated heterocycles. The van der Waals surface area contributed by atoms with Gasteiger partial charge in [0, 0.05) is 5.56 Å². The normalized spacial score (nSPS) is 13.0. The fourth-order valence-electron chi connectivity index (χ4n) is 4.03. The molecule has 5 heteroatoms. The Balaban J connectivity index is 2.58. The maximum absolute atomic E-state index is 14.2. The number of benzene rings is 2. The van der Waals surface area contributed by atoms with E-state index < -0.39 is 13.1 Å². The fraction of sp³-hybridized carbons (Fsp3) is 0.560. The van der Waals surface area contributed by atoms with Gasteiger partial charge in [0.1, 0.15) is 0 Å². The van der Waals surface area contributed by atoms with Crippen molar-refractivity contribution in [1.82, 2.24) is 0 Å². The number of rotatable bonds is 10. The van der Waals surface area contributed by atoms with Gasteiger partial charge in [0.25, 0.3) is 5.52 Å². The average molecular weight is 433 g/mol. The van der Waals surface area contributed by atoms with Gasteiger partial charge in [-0.1, -0.05) is 97.9 Å². The summed E-state index contributed by atoms with van der Waals surface area (Å²) in [6.07, 6.45) is -0.704. The Bertz CT molecular complexity index is 854. The zero-order valence-corrected chi connectivity index (χ0v) is 20.5. The molecule has 2 aromatic carbocycles. The molecule has 0 aromatic heterocycles. The highest BCUT2D eigenvalue weighted by Crippen LogP contribution is 2.56. The van der Waals surface area contributed by atoms with Crippen LogP contribution in [-0.2, 0) is 13.6 Å². The molecule has 0 fully saturated rings. The molecule has 0 saturated carbocycles. The van der Waals surface area contributed by atoms with Crippen molar-refractivity contribution in [2.24, 2.45) is 23.7 Å². The summed E-state index contributed by atoms with van der Waals surface area (Å²) in [6.45, 7) is 16.1. The van der Waals surface area contributed by atoms with Crippen LogP contribution >= 0.6 is 7.60 Å². The van der Waals surface area contributed by atoms with Gasteiger partial charge >= 0.3 is 7.60 Å². The van der Waals surface area contributed by atoms with Crippen LogP contribution in [0, 0.1) is 23.7 Å². The minimum atomic E-state index is -4.10. The van der Waals surface area contributed by atoms with Crippen LogP contribution in [0.2, 0.25) is 0 Å². The largest absolute Gasteiger partial charge is 0.402 e. The smallest absolute Gasteiger partial charge is 0.299 e. The standard InChI is InChI=1S/C25H37O4P/c1-16(2)23(17(3)4)28-30(27,29-24(18(5)6)19(7)8)25(26)22-15-11-13-20-12-9-10-14-21(20)22/h9-19,23-24H,1-8H3. The molecule has 166 valence electrons. The topological polar surface area (TPSA) is 52.6 Å². The van der Waals surface area contributed by atoms with E-state index in [4.69, 9.17) is 9.05 Å². The second-order valence-corrected chi connectivity index (χ2v) is 11.3. The van der Waals surface area contributed by atoms with Crippen molar-refractivity contribution >= 4 is 23.9 Å². The van der Waals surface area contributed by atoms with Crippen molar-refractivity contribution in [2.75, 3.05) is 0 Å². The van der Waals surface area contributed by atoms with Crippen LogP contribution in [0.25, 0.3) is 10.8 Å². The minimum Gasteiger partial charge on any atom is -0.299 e. The molecule has 4 nitrogen and oxygen atoms in total. The molecule has 30 heavy (non-hydrogen) atoms. The first-order valence-corrected chi connectivity index (χ1v) is 12.5. The van der Waals surface area contributed by atoms with E-state index in [9.17, 15) is 9.36 Å². The van der Waals surface area contributed by atoms with Crippen molar-refractivity contribution in [3.63, 3.8) is 0 Å². The first-order chi connectivity index (χ1) is 14.0. The van der Waals surface area contributed by atoms with Crippen molar-refractivity contribution in [3.05, 3.63) is 48.0 Å². The van der Waals surface area contributed by atoms with Crippen molar-refractivity contribution < 1.29 is 18.4 Å². The van der Waals surface area contributed by atoms with Crippen molar-refractivity contribution in [1.29, 1.82) is 0 Å². The van der Waals surface area contributed by atoms with E-state index in [0.29, 0.717) is 5.56 Å². The summed E-state index contributed by atoms with van der Waals surface area (Å²) in [5.41, 5.74) is -0.175. The zero-order chi connectivity index (χ0) is 22.6. The van der Waals surface area contributed by atoms with Gasteiger partial charge in [0.05, 0.1) is 12.2 Å². The van der Waals surface area contributed by atoms with E-state index in [1.165, 1.54) is 0 Å². The van der Waals surface area contributed by atoms with Crippen molar-refractivity contribution in [3.8, 4) is 0 Å². The Morgan fingerprint density at radius 1 is 0.700 bits per heavy atom. The highest BCUT2D eigenvalue weighted by atomic mass is 31.2. The lowest BCUT2D eigenvalue weighted by molar-refractivity contribution is 0.0347. The number of fused-ring (bicyclic) bond motifs is 1. The lowest BCUT2D eigenvalue weighted by Crippen LogP contribution is -2.31. The van der Waals surface area contributed by atoms with Crippen molar-refractivity contribution in [2.45, 2.75) is 67.6 Å². The first kappa shape index (κ1) is 24.8. The monoisotopic (exact) mass is 432 g/mol. The summed E-state index contributed by atoms with van der Waals surface area (Å²) in [7, 11) is -4.10. The summed E-state index contributed by atoms with van der Waals surface area (Å²) in [5, 5.41) is 1.68. The highest BCUT2D eigenvalue weighted by molar-refractivity contribution is 7.72. The van der Waals surface area contributed by atoms with Gasteiger partial charge in [-0.25, -0.2) is 0 Å². The van der Waals surface area contributed by atoms with E-state index in [2.05, 4.69) is 0 Å². The van der Waals surface area contributed by atoms with Gasteiger partial charge in [0.15, 0.2) is 0 Å². The maximum Gasteiger partial charge on any atom is 0.402 e. The van der Waals surface area contributed by atoms with Crippen LogP contribution < -0.4 is 0 Å². The minimum absolute atomic E-state index is 0.0961.